The van der Waals surface area contributed by atoms with Gasteiger partial charge in [-0.15, -0.1) is 6.58 Å². The molecule has 12 nitrogen and oxygen atoms in total. The number of aromatic nitrogens is 2. The van der Waals surface area contributed by atoms with Crippen LogP contribution < -0.4 is 21.6 Å². The fourth-order valence-electron chi connectivity index (χ4n) is 4.21. The summed E-state index contributed by atoms with van der Waals surface area (Å²) in [6.45, 7) is 12.6. The molecule has 0 radical (unpaired) electrons. The van der Waals surface area contributed by atoms with Crippen molar-refractivity contribution >= 4 is 30.3 Å². The number of aromatic hydroxyl groups is 2. The van der Waals surface area contributed by atoms with Gasteiger partial charge in [0.15, 0.2) is 0 Å². The largest absolute Gasteiger partial charge is 0.502 e. The van der Waals surface area contributed by atoms with Crippen molar-refractivity contribution in [3.05, 3.63) is 119 Å². The van der Waals surface area contributed by atoms with Crippen molar-refractivity contribution in [2.75, 3.05) is 0 Å². The van der Waals surface area contributed by atoms with Gasteiger partial charge < -0.3 is 20.4 Å². The Morgan fingerprint density at radius 1 is 0.902 bits per heavy atom. The van der Waals surface area contributed by atoms with Gasteiger partial charge in [0.05, 0.1) is 29.1 Å². The number of benzene rings is 2. The van der Waals surface area contributed by atoms with Crippen molar-refractivity contribution in [2.24, 2.45) is 0 Å². The third kappa shape index (κ3) is 4.58. The van der Waals surface area contributed by atoms with E-state index in [0.29, 0.717) is 0 Å². The number of pyridine rings is 2. The molecule has 4 aromatic rings. The van der Waals surface area contributed by atoms with Gasteiger partial charge in [0, 0.05) is 10.8 Å². The van der Waals surface area contributed by atoms with Gasteiger partial charge in [-0.05, 0) is 72.3 Å². The minimum atomic E-state index is -1.22. The van der Waals surface area contributed by atoms with Gasteiger partial charge in [-0.25, -0.2) is 19.0 Å². The molecule has 0 aliphatic carbocycles. The standard InChI is InChI=1S/C29H18N4O8/c1-14-20(24(34)32(26(36)22(14)13-30)18-8-4-16(5-9-18)28(38)39)12-21-15(2)23(31-3)27(37)33(25(21)35)19-10-6-17(7-11-19)29(40)41/h4-12,34,37H,2H2,1H3,(H,38,39)(H,40,41). The molecule has 0 saturated carbocycles. The lowest BCUT2D eigenvalue weighted by Gasteiger charge is -2.15. The molecule has 0 aliphatic heterocycles. The number of aromatic carboxylic acids is 2. The van der Waals surface area contributed by atoms with Crippen molar-refractivity contribution in [3.63, 3.8) is 0 Å². The quantitative estimate of drug-likeness (QED) is 0.269. The van der Waals surface area contributed by atoms with Crippen molar-refractivity contribution in [1.82, 2.24) is 9.13 Å². The molecule has 0 spiro atoms. The smallest absolute Gasteiger partial charge is 0.335 e. The van der Waals surface area contributed by atoms with E-state index in [1.54, 1.807) is 6.07 Å². The van der Waals surface area contributed by atoms with Gasteiger partial charge in [0.2, 0.25) is 11.8 Å². The van der Waals surface area contributed by atoms with Gasteiger partial charge in [-0.1, -0.05) is 0 Å². The van der Waals surface area contributed by atoms with Crippen LogP contribution in [0.25, 0.3) is 28.9 Å². The molecule has 202 valence electrons. The Labute approximate surface area is 229 Å². The second kappa shape index (κ2) is 10.4. The van der Waals surface area contributed by atoms with Gasteiger partial charge in [0.1, 0.15) is 11.6 Å². The van der Waals surface area contributed by atoms with E-state index >= 15 is 0 Å². The maximum atomic E-state index is 13.6. The normalized spacial score (nSPS) is 11.0. The summed E-state index contributed by atoms with van der Waals surface area (Å²) in [5.74, 6) is -3.88. The summed E-state index contributed by atoms with van der Waals surface area (Å²) in [6, 6.07) is 11.6. The van der Waals surface area contributed by atoms with Crippen LogP contribution in [0, 0.1) is 24.8 Å². The molecule has 0 unspecified atom stereocenters. The summed E-state index contributed by atoms with van der Waals surface area (Å²) < 4.78 is 1.53. The number of hydrogen-bond acceptors (Lipinski definition) is 7. The highest BCUT2D eigenvalue weighted by molar-refractivity contribution is 5.88. The average molecular weight is 550 g/mol. The predicted molar refractivity (Wildman–Crippen MR) is 145 cm³/mol. The highest BCUT2D eigenvalue weighted by Gasteiger charge is 2.21. The number of carboxylic acids is 2. The molecule has 2 heterocycles. The van der Waals surface area contributed by atoms with E-state index in [2.05, 4.69) is 11.4 Å². The van der Waals surface area contributed by atoms with Crippen LogP contribution in [-0.2, 0) is 0 Å². The molecule has 0 bridgehead atoms. The summed E-state index contributed by atoms with van der Waals surface area (Å²) in [5.41, 5.74) is -2.86. The molecule has 41 heavy (non-hydrogen) atoms. The van der Waals surface area contributed by atoms with Crippen LogP contribution in [0.5, 0.6) is 11.8 Å². The van der Waals surface area contributed by atoms with E-state index in [0.717, 1.165) is 15.2 Å². The first-order valence-electron chi connectivity index (χ1n) is 11.5. The van der Waals surface area contributed by atoms with Gasteiger partial charge in [-0.3, -0.25) is 14.2 Å². The first-order chi connectivity index (χ1) is 19.4. The Hall–Kier alpha value is -6.40. The lowest BCUT2D eigenvalue weighted by molar-refractivity contribution is 0.0686. The van der Waals surface area contributed by atoms with E-state index < -0.39 is 40.5 Å². The fraction of sp³-hybridized carbons (Fsp3) is 0.0345. The van der Waals surface area contributed by atoms with Crippen LogP contribution in [0.15, 0.2) is 58.1 Å². The molecule has 0 saturated heterocycles. The SMILES string of the molecule is [C-]#[N+]c1c(O)n(-c2ccc(C(=O)O)cc2)c(=O)c(=Cc2c(C)c(C#N)c(=O)n(-c3ccc(C(=O)O)cc3)c2O)c1=C. The molecular formula is C29H18N4O8. The fourth-order valence-corrected chi connectivity index (χ4v) is 4.21. The number of rotatable bonds is 5. The summed E-state index contributed by atoms with van der Waals surface area (Å²) in [4.78, 5) is 52.5. The first-order valence-corrected chi connectivity index (χ1v) is 11.5. The van der Waals surface area contributed by atoms with Crippen molar-refractivity contribution in [3.8, 4) is 29.2 Å². The van der Waals surface area contributed by atoms with E-state index in [9.17, 15) is 44.9 Å². The zero-order valence-corrected chi connectivity index (χ0v) is 21.1. The number of nitrogens with zero attached hydrogens (tertiary/aromatic N) is 4. The lowest BCUT2D eigenvalue weighted by Crippen LogP contribution is -2.44. The van der Waals surface area contributed by atoms with Crippen LogP contribution in [0.3, 0.4) is 0 Å². The maximum Gasteiger partial charge on any atom is 0.335 e. The predicted octanol–water partition coefficient (Wildman–Crippen LogP) is 1.77. The number of carbonyl (C=O) groups is 2. The Morgan fingerprint density at radius 3 is 1.78 bits per heavy atom. The van der Waals surface area contributed by atoms with Gasteiger partial charge >= 0.3 is 11.9 Å². The number of hydrogen-bond donors (Lipinski definition) is 4. The maximum absolute atomic E-state index is 13.6. The molecule has 0 aliphatic rings. The Kier molecular flexibility index (Phi) is 7.01. The molecule has 2 aromatic carbocycles. The van der Waals surface area contributed by atoms with E-state index in [1.165, 1.54) is 55.5 Å². The first kappa shape index (κ1) is 27.6. The van der Waals surface area contributed by atoms with Crippen molar-refractivity contribution < 1.29 is 30.0 Å². The molecular weight excluding hydrogens is 532 g/mol. The lowest BCUT2D eigenvalue weighted by atomic mass is 10.0. The zero-order chi connectivity index (χ0) is 30.2. The zero-order valence-electron chi connectivity index (χ0n) is 21.1. The highest BCUT2D eigenvalue weighted by atomic mass is 16.4. The van der Waals surface area contributed by atoms with Crippen LogP contribution >= 0.6 is 0 Å². The third-order valence-electron chi connectivity index (χ3n) is 6.37. The van der Waals surface area contributed by atoms with E-state index in [-0.39, 0.29) is 49.6 Å². The minimum absolute atomic E-state index is 0.00186. The van der Waals surface area contributed by atoms with Crippen LogP contribution in [0.2, 0.25) is 0 Å². The summed E-state index contributed by atoms with van der Waals surface area (Å²) in [5, 5.41) is 49.5. The molecule has 4 N–H and O–H groups in total. The monoisotopic (exact) mass is 550 g/mol. The average Bonchev–Trinajstić information content (AvgIpc) is 2.93. The second-order valence-corrected chi connectivity index (χ2v) is 8.65. The van der Waals surface area contributed by atoms with Crippen LogP contribution in [-0.4, -0.2) is 41.5 Å². The molecule has 2 aromatic heterocycles. The Bertz CT molecular complexity index is 2090. The van der Waals surface area contributed by atoms with E-state index in [4.69, 9.17) is 6.57 Å². The molecule has 4 rings (SSSR count). The molecule has 0 fully saturated rings. The number of carboxylic acid groups (broad SMARTS) is 2. The van der Waals surface area contributed by atoms with Gasteiger partial charge in [-0.2, -0.15) is 5.26 Å². The molecule has 12 heteroatoms. The molecule has 0 atom stereocenters. The summed E-state index contributed by atoms with van der Waals surface area (Å²) in [7, 11) is 0. The highest BCUT2D eigenvalue weighted by Crippen LogP contribution is 2.26. The summed E-state index contributed by atoms with van der Waals surface area (Å²) in [6.07, 6.45) is 1.12. The molecule has 0 amide bonds. The second-order valence-electron chi connectivity index (χ2n) is 8.65. The number of nitriles is 1. The third-order valence-corrected chi connectivity index (χ3v) is 6.37. The topological polar surface area (TPSA) is 187 Å². The van der Waals surface area contributed by atoms with E-state index in [1.807, 2.05) is 0 Å². The van der Waals surface area contributed by atoms with Crippen LogP contribution in [0.1, 0.15) is 37.4 Å². The van der Waals surface area contributed by atoms with Crippen molar-refractivity contribution in [2.45, 2.75) is 6.92 Å². The Balaban J connectivity index is 2.11. The summed E-state index contributed by atoms with van der Waals surface area (Å²) >= 11 is 0. The minimum Gasteiger partial charge on any atom is -0.502 e. The Morgan fingerprint density at radius 2 is 1.37 bits per heavy atom. The van der Waals surface area contributed by atoms with Crippen LogP contribution in [0.4, 0.5) is 5.69 Å². The van der Waals surface area contributed by atoms with Crippen molar-refractivity contribution in [1.29, 1.82) is 5.26 Å². The van der Waals surface area contributed by atoms with Gasteiger partial charge in [0.25, 0.3) is 16.8 Å².